The van der Waals surface area contributed by atoms with Gasteiger partial charge in [-0.05, 0) is 64.8 Å². The fraction of sp³-hybridized carbons (Fsp3) is 0.300. The molecule has 2 unspecified atom stereocenters. The second kappa shape index (κ2) is 12.3. The summed E-state index contributed by atoms with van der Waals surface area (Å²) in [5, 5.41) is 15.0. The Morgan fingerprint density at radius 2 is 1.87 bits per heavy atom. The molecule has 8 nitrogen and oxygen atoms in total. The van der Waals surface area contributed by atoms with Crippen LogP contribution in [0.15, 0.2) is 60.8 Å². The maximum absolute atomic E-state index is 12.7. The molecule has 1 heterocycles. The Kier molecular flexibility index (Phi) is 8.63. The number of ether oxygens (including phenoxy) is 2. The van der Waals surface area contributed by atoms with Gasteiger partial charge >= 0.3 is 5.97 Å². The Morgan fingerprint density at radius 1 is 1.08 bits per heavy atom. The van der Waals surface area contributed by atoms with Gasteiger partial charge in [-0.1, -0.05) is 43.3 Å². The summed E-state index contributed by atoms with van der Waals surface area (Å²) in [6.07, 6.45) is 4.86. The van der Waals surface area contributed by atoms with Gasteiger partial charge in [-0.15, -0.1) is 0 Å². The number of carbonyl (C=O) groups excluding carboxylic acids is 1. The fourth-order valence-corrected chi connectivity index (χ4v) is 4.88. The van der Waals surface area contributed by atoms with Crippen molar-refractivity contribution in [3.8, 4) is 11.5 Å². The minimum Gasteiger partial charge on any atom is -0.495 e. The molecule has 0 aliphatic heterocycles. The molecule has 1 aliphatic carbocycles. The van der Waals surface area contributed by atoms with Crippen LogP contribution in [0, 0.1) is 5.92 Å². The topological polar surface area (TPSA) is 110 Å². The van der Waals surface area contributed by atoms with Gasteiger partial charge in [0.25, 0.3) is 0 Å². The van der Waals surface area contributed by atoms with Gasteiger partial charge in [0.1, 0.15) is 18.0 Å². The summed E-state index contributed by atoms with van der Waals surface area (Å²) in [6.45, 7) is 2.44. The number of hydrogen-bond acceptors (Lipinski definition) is 6. The molecule has 0 saturated carbocycles. The normalized spacial score (nSPS) is 17.1. The van der Waals surface area contributed by atoms with Crippen molar-refractivity contribution >= 4 is 29.2 Å². The standard InChI is InChI=1S/C30H33N3O5/c1-19-23(10-12-28(34)32-16-20-7-5-4-6-8-20)25-15-22(37-2)17-33-30(25)24(19)13-21-9-11-27(38-3)26(14-21)31-18-29(35)36/h4-9,11,13-15,17,19,23,31H,10,12,16,18H2,1-3H3,(H,32,34)(H,35,36)/b24-13-. The maximum atomic E-state index is 12.7. The monoisotopic (exact) mass is 515 g/mol. The van der Waals surface area contributed by atoms with Crippen molar-refractivity contribution < 1.29 is 24.2 Å². The van der Waals surface area contributed by atoms with E-state index in [0.717, 1.165) is 28.0 Å². The van der Waals surface area contributed by atoms with Crippen molar-refractivity contribution in [2.45, 2.75) is 32.2 Å². The molecular weight excluding hydrogens is 482 g/mol. The highest BCUT2D eigenvalue weighted by atomic mass is 16.5. The van der Waals surface area contributed by atoms with Gasteiger partial charge in [-0.25, -0.2) is 0 Å². The predicted octanol–water partition coefficient (Wildman–Crippen LogP) is 4.97. The molecule has 2 aromatic carbocycles. The van der Waals surface area contributed by atoms with Crippen LogP contribution in [0.2, 0.25) is 0 Å². The van der Waals surface area contributed by atoms with Gasteiger partial charge in [0.05, 0.1) is 31.8 Å². The number of carbonyl (C=O) groups is 2. The van der Waals surface area contributed by atoms with Crippen LogP contribution in [0.3, 0.4) is 0 Å². The third-order valence-electron chi connectivity index (χ3n) is 6.89. The van der Waals surface area contributed by atoms with E-state index in [1.54, 1.807) is 20.4 Å². The zero-order chi connectivity index (χ0) is 27.1. The van der Waals surface area contributed by atoms with Crippen molar-refractivity contribution in [2.24, 2.45) is 5.92 Å². The molecule has 0 bridgehead atoms. The summed E-state index contributed by atoms with van der Waals surface area (Å²) in [7, 11) is 3.17. The van der Waals surface area contributed by atoms with E-state index in [2.05, 4.69) is 23.6 Å². The number of amides is 1. The average molecular weight is 516 g/mol. The summed E-state index contributed by atoms with van der Waals surface area (Å²) < 4.78 is 10.8. The number of aliphatic carboxylic acids is 1. The number of carboxylic acids is 1. The first-order valence-corrected chi connectivity index (χ1v) is 12.6. The van der Waals surface area contributed by atoms with Gasteiger partial charge in [0, 0.05) is 13.0 Å². The molecule has 1 aromatic heterocycles. The number of nitrogens with zero attached hydrogens (tertiary/aromatic N) is 1. The highest BCUT2D eigenvalue weighted by molar-refractivity contribution is 5.87. The molecule has 8 heteroatoms. The first-order valence-electron chi connectivity index (χ1n) is 12.6. The maximum Gasteiger partial charge on any atom is 0.322 e. The lowest BCUT2D eigenvalue weighted by Crippen LogP contribution is -2.23. The lowest BCUT2D eigenvalue weighted by atomic mass is 9.87. The highest BCUT2D eigenvalue weighted by Gasteiger charge is 2.35. The number of anilines is 1. The molecular formula is C30H33N3O5. The van der Waals surface area contributed by atoms with Crippen molar-refractivity contribution in [1.29, 1.82) is 0 Å². The summed E-state index contributed by atoms with van der Waals surface area (Å²) >= 11 is 0. The third-order valence-corrected chi connectivity index (χ3v) is 6.89. The lowest BCUT2D eigenvalue weighted by Gasteiger charge is -2.17. The van der Waals surface area contributed by atoms with E-state index in [-0.39, 0.29) is 24.3 Å². The number of aromatic nitrogens is 1. The van der Waals surface area contributed by atoms with Crippen LogP contribution < -0.4 is 20.1 Å². The molecule has 3 aromatic rings. The molecule has 198 valence electrons. The van der Waals surface area contributed by atoms with Crippen LogP contribution in [-0.4, -0.2) is 42.7 Å². The third kappa shape index (κ3) is 6.32. The van der Waals surface area contributed by atoms with Crippen LogP contribution in [-0.2, 0) is 16.1 Å². The van der Waals surface area contributed by atoms with E-state index in [1.807, 2.05) is 54.6 Å². The number of pyridine rings is 1. The molecule has 1 amide bonds. The number of methoxy groups -OCH3 is 2. The summed E-state index contributed by atoms with van der Waals surface area (Å²) in [4.78, 5) is 28.4. The number of hydrogen-bond donors (Lipinski definition) is 3. The Hall–Kier alpha value is -4.33. The van der Waals surface area contributed by atoms with Crippen molar-refractivity contribution in [3.05, 3.63) is 83.2 Å². The zero-order valence-corrected chi connectivity index (χ0v) is 21.9. The Labute approximate surface area is 222 Å². The van der Waals surface area contributed by atoms with E-state index < -0.39 is 5.97 Å². The molecule has 38 heavy (non-hydrogen) atoms. The van der Waals surface area contributed by atoms with E-state index in [4.69, 9.17) is 19.6 Å². The number of carboxylic acid groups (broad SMARTS) is 1. The van der Waals surface area contributed by atoms with Crippen molar-refractivity contribution in [1.82, 2.24) is 10.3 Å². The second-order valence-electron chi connectivity index (χ2n) is 9.32. The lowest BCUT2D eigenvalue weighted by molar-refractivity contribution is -0.135. The molecule has 2 atom stereocenters. The number of rotatable bonds is 11. The number of nitrogens with one attached hydrogen (secondary N) is 2. The minimum atomic E-state index is -0.956. The average Bonchev–Trinajstić information content (AvgIpc) is 3.19. The van der Waals surface area contributed by atoms with Crippen molar-refractivity contribution in [2.75, 3.05) is 26.1 Å². The van der Waals surface area contributed by atoms with Crippen LogP contribution in [0.1, 0.15) is 48.1 Å². The van der Waals surface area contributed by atoms with Gasteiger partial charge in [0.15, 0.2) is 0 Å². The van der Waals surface area contributed by atoms with Gasteiger partial charge in [-0.3, -0.25) is 14.6 Å². The first kappa shape index (κ1) is 26.7. The Morgan fingerprint density at radius 3 is 2.58 bits per heavy atom. The molecule has 4 rings (SSSR count). The van der Waals surface area contributed by atoms with E-state index in [1.165, 1.54) is 0 Å². The van der Waals surface area contributed by atoms with Gasteiger partial charge in [0.2, 0.25) is 5.91 Å². The smallest absolute Gasteiger partial charge is 0.322 e. The van der Waals surface area contributed by atoms with Gasteiger partial charge < -0.3 is 25.2 Å². The molecule has 0 fully saturated rings. The first-order chi connectivity index (χ1) is 18.4. The number of fused-ring (bicyclic) bond motifs is 1. The molecule has 0 radical (unpaired) electrons. The summed E-state index contributed by atoms with van der Waals surface area (Å²) in [5.74, 6) is 0.521. The molecule has 0 spiro atoms. The van der Waals surface area contributed by atoms with Crippen LogP contribution in [0.5, 0.6) is 11.5 Å². The Balaban J connectivity index is 1.56. The van der Waals surface area contributed by atoms with Gasteiger partial charge in [-0.2, -0.15) is 0 Å². The van der Waals surface area contributed by atoms with E-state index >= 15 is 0 Å². The van der Waals surface area contributed by atoms with Crippen LogP contribution >= 0.6 is 0 Å². The largest absolute Gasteiger partial charge is 0.495 e. The summed E-state index contributed by atoms with van der Waals surface area (Å²) in [6, 6.07) is 17.5. The molecule has 0 saturated heterocycles. The quantitative estimate of drug-likeness (QED) is 0.331. The minimum absolute atomic E-state index is 0.0141. The van der Waals surface area contributed by atoms with Crippen LogP contribution in [0.25, 0.3) is 11.6 Å². The fourth-order valence-electron chi connectivity index (χ4n) is 4.88. The number of allylic oxidation sites excluding steroid dienone is 1. The predicted molar refractivity (Wildman–Crippen MR) is 147 cm³/mol. The van der Waals surface area contributed by atoms with E-state index in [0.29, 0.717) is 36.6 Å². The van der Waals surface area contributed by atoms with Crippen molar-refractivity contribution in [3.63, 3.8) is 0 Å². The SMILES string of the molecule is COc1cnc2c(c1)C(CCC(=O)NCc1ccccc1)C(C)/C2=C/c1ccc(OC)c(NCC(=O)O)c1. The zero-order valence-electron chi connectivity index (χ0n) is 21.9. The highest BCUT2D eigenvalue weighted by Crippen LogP contribution is 2.48. The molecule has 3 N–H and O–H groups in total. The van der Waals surface area contributed by atoms with E-state index in [9.17, 15) is 9.59 Å². The van der Waals surface area contributed by atoms with Crippen LogP contribution in [0.4, 0.5) is 5.69 Å². The number of benzene rings is 2. The second-order valence-corrected chi connectivity index (χ2v) is 9.32. The Bertz CT molecular complexity index is 1320. The molecule has 1 aliphatic rings. The summed E-state index contributed by atoms with van der Waals surface area (Å²) in [5.41, 5.74) is 5.58.